The summed E-state index contributed by atoms with van der Waals surface area (Å²) < 4.78 is 1.44. The van der Waals surface area contributed by atoms with Crippen molar-refractivity contribution >= 4 is 42.5 Å². The van der Waals surface area contributed by atoms with E-state index in [1.165, 1.54) is 10.9 Å². The number of amidine groups is 1. The zero-order valence-electron chi connectivity index (χ0n) is 17.4. The smallest absolute Gasteiger partial charge is 0.261 e. The maximum Gasteiger partial charge on any atom is 0.261 e. The van der Waals surface area contributed by atoms with Crippen LogP contribution in [0, 0.1) is 5.41 Å². The van der Waals surface area contributed by atoms with E-state index in [0.717, 1.165) is 5.46 Å². The quantitative estimate of drug-likeness (QED) is 0.338. The Morgan fingerprint density at radius 3 is 2.17 bits per heavy atom. The average Bonchev–Trinajstić information content (AvgIpc) is 3.09. The first kappa shape index (κ1) is 20.8. The maximum atomic E-state index is 12.7. The lowest BCUT2D eigenvalue weighted by molar-refractivity contribution is 0.102. The monoisotopic (exact) mass is 402 g/mol. The molecule has 0 aliphatic carbocycles. The predicted octanol–water partition coefficient (Wildman–Crippen LogP) is 1.07. The molecule has 0 spiro atoms. The number of nitrogens with zero attached hydrogens (tertiary/aromatic N) is 3. The van der Waals surface area contributed by atoms with Crippen molar-refractivity contribution in [3.63, 3.8) is 0 Å². The van der Waals surface area contributed by atoms with Crippen LogP contribution in [-0.4, -0.2) is 54.3 Å². The largest absolute Gasteiger partial charge is 0.363 e. The molecule has 30 heavy (non-hydrogen) atoms. The lowest BCUT2D eigenvalue weighted by Crippen LogP contribution is -2.22. The summed E-state index contributed by atoms with van der Waals surface area (Å²) >= 11 is 0. The van der Waals surface area contributed by atoms with Crippen molar-refractivity contribution in [1.29, 1.82) is 5.41 Å². The molecule has 0 radical (unpaired) electrons. The van der Waals surface area contributed by atoms with E-state index >= 15 is 0 Å². The zero-order chi connectivity index (χ0) is 21.8. The van der Waals surface area contributed by atoms with Gasteiger partial charge in [0.15, 0.2) is 0 Å². The van der Waals surface area contributed by atoms with Gasteiger partial charge in [0.2, 0.25) is 0 Å². The number of benzene rings is 2. The third-order valence-electron chi connectivity index (χ3n) is 4.59. The van der Waals surface area contributed by atoms with Crippen LogP contribution in [0.4, 0.5) is 11.5 Å². The maximum absolute atomic E-state index is 12.7. The summed E-state index contributed by atoms with van der Waals surface area (Å²) in [4.78, 5) is 27.1. The summed E-state index contributed by atoms with van der Waals surface area (Å²) in [5.74, 6) is -0.0821. The fourth-order valence-corrected chi connectivity index (χ4v) is 2.80. The van der Waals surface area contributed by atoms with Gasteiger partial charge in [0.25, 0.3) is 11.8 Å². The molecule has 9 heteroatoms. The number of rotatable bonds is 5. The first-order valence-corrected chi connectivity index (χ1v) is 9.34. The van der Waals surface area contributed by atoms with Crippen molar-refractivity contribution in [1.82, 2.24) is 14.7 Å². The number of carbonyl (C=O) groups excluding carboxylic acids is 2. The molecule has 3 aromatic rings. The second kappa shape index (κ2) is 8.65. The molecular formula is C21H23BN6O2. The molecule has 8 nitrogen and oxygen atoms in total. The Hall–Kier alpha value is -3.88. The Bertz CT molecular complexity index is 1090. The van der Waals surface area contributed by atoms with Crippen molar-refractivity contribution in [3.05, 3.63) is 71.4 Å². The summed E-state index contributed by atoms with van der Waals surface area (Å²) in [5, 5.41) is 17.7. The predicted molar refractivity (Wildman–Crippen MR) is 121 cm³/mol. The number of nitrogens with one attached hydrogen (secondary N) is 3. The molecule has 0 aliphatic heterocycles. The molecule has 1 heterocycles. The summed E-state index contributed by atoms with van der Waals surface area (Å²) in [7, 11) is 7.19. The van der Waals surface area contributed by atoms with Gasteiger partial charge in [-0.15, -0.1) is 0 Å². The third kappa shape index (κ3) is 4.57. The molecular weight excluding hydrogens is 379 g/mol. The lowest BCUT2D eigenvalue weighted by atomic mass is 9.96. The van der Waals surface area contributed by atoms with Gasteiger partial charge in [-0.1, -0.05) is 29.7 Å². The van der Waals surface area contributed by atoms with Gasteiger partial charge < -0.3 is 15.5 Å². The van der Waals surface area contributed by atoms with E-state index in [2.05, 4.69) is 15.7 Å². The molecule has 0 aliphatic rings. The highest BCUT2D eigenvalue weighted by Gasteiger charge is 2.19. The summed E-state index contributed by atoms with van der Waals surface area (Å²) in [6.45, 7) is 0. The molecule has 3 N–H and O–H groups in total. The van der Waals surface area contributed by atoms with E-state index in [0.29, 0.717) is 28.5 Å². The highest BCUT2D eigenvalue weighted by Crippen LogP contribution is 2.18. The van der Waals surface area contributed by atoms with Crippen LogP contribution in [0.2, 0.25) is 0 Å². The van der Waals surface area contributed by atoms with Crippen LogP contribution in [0.15, 0.2) is 54.7 Å². The number of carbonyl (C=O) groups is 2. The van der Waals surface area contributed by atoms with Gasteiger partial charge in [0.1, 0.15) is 25.1 Å². The Kier molecular flexibility index (Phi) is 6.01. The van der Waals surface area contributed by atoms with E-state index in [1.807, 2.05) is 32.1 Å². The van der Waals surface area contributed by atoms with Crippen LogP contribution in [0.25, 0.3) is 0 Å². The second-order valence-corrected chi connectivity index (χ2v) is 7.13. The number of hydrogen-bond acceptors (Lipinski definition) is 4. The SMILES string of the molecule is Bc1ccc(NC(=O)c2cnn(C)c2NC(=O)c2ccc(C(=N)N(C)C)cc2)cc1. The van der Waals surface area contributed by atoms with Crippen LogP contribution in [-0.2, 0) is 7.05 Å². The molecule has 2 aromatic carbocycles. The number of anilines is 2. The van der Waals surface area contributed by atoms with Gasteiger partial charge in [-0.2, -0.15) is 5.10 Å². The third-order valence-corrected chi connectivity index (χ3v) is 4.59. The topological polar surface area (TPSA) is 103 Å². The Morgan fingerprint density at radius 1 is 0.967 bits per heavy atom. The molecule has 0 unspecified atom stereocenters. The minimum atomic E-state index is -0.370. The van der Waals surface area contributed by atoms with Crippen molar-refractivity contribution in [3.8, 4) is 0 Å². The van der Waals surface area contributed by atoms with Gasteiger partial charge in [-0.3, -0.25) is 19.7 Å². The van der Waals surface area contributed by atoms with Gasteiger partial charge >= 0.3 is 0 Å². The number of aromatic nitrogens is 2. The highest BCUT2D eigenvalue weighted by molar-refractivity contribution is 6.32. The minimum absolute atomic E-state index is 0.262. The lowest BCUT2D eigenvalue weighted by Gasteiger charge is -2.14. The zero-order valence-corrected chi connectivity index (χ0v) is 17.4. The van der Waals surface area contributed by atoms with Crippen LogP contribution in [0.5, 0.6) is 0 Å². The average molecular weight is 402 g/mol. The summed E-state index contributed by atoms with van der Waals surface area (Å²) in [6.07, 6.45) is 1.42. The van der Waals surface area contributed by atoms with Gasteiger partial charge in [-0.05, 0) is 24.3 Å². The highest BCUT2D eigenvalue weighted by atomic mass is 16.2. The summed E-state index contributed by atoms with van der Waals surface area (Å²) in [5.41, 5.74) is 3.13. The number of hydrogen-bond donors (Lipinski definition) is 3. The fraction of sp³-hybridized carbons (Fsp3) is 0.143. The molecule has 0 saturated heterocycles. The van der Waals surface area contributed by atoms with Crippen molar-refractivity contribution < 1.29 is 9.59 Å². The van der Waals surface area contributed by atoms with Crippen molar-refractivity contribution in [2.45, 2.75) is 0 Å². The Labute approximate surface area is 175 Å². The fourth-order valence-electron chi connectivity index (χ4n) is 2.80. The normalized spacial score (nSPS) is 10.4. The van der Waals surface area contributed by atoms with Crippen LogP contribution < -0.4 is 16.1 Å². The second-order valence-electron chi connectivity index (χ2n) is 7.13. The molecule has 0 bridgehead atoms. The molecule has 0 atom stereocenters. The standard InChI is InChI=1S/C21H23BN6O2/c1-27(2)18(23)13-4-6-14(7-5-13)20(29)26-19-17(12-24-28(19)3)21(30)25-16-10-8-15(22)9-11-16/h4-12,23H,22H2,1-3H3,(H,25,30)(H,26,29). The number of amides is 2. The minimum Gasteiger partial charge on any atom is -0.363 e. The van der Waals surface area contributed by atoms with Crippen LogP contribution in [0.1, 0.15) is 26.3 Å². The van der Waals surface area contributed by atoms with E-state index < -0.39 is 0 Å². The van der Waals surface area contributed by atoms with E-state index in [4.69, 9.17) is 5.41 Å². The van der Waals surface area contributed by atoms with Gasteiger partial charge in [0, 0.05) is 38.0 Å². The van der Waals surface area contributed by atoms with Gasteiger partial charge in [-0.25, -0.2) is 0 Å². The Balaban J connectivity index is 1.76. The van der Waals surface area contributed by atoms with Crippen molar-refractivity contribution in [2.24, 2.45) is 7.05 Å². The summed E-state index contributed by atoms with van der Waals surface area (Å²) in [6, 6.07) is 14.2. The molecule has 0 fully saturated rings. The van der Waals surface area contributed by atoms with E-state index in [-0.39, 0.29) is 17.4 Å². The Morgan fingerprint density at radius 2 is 1.57 bits per heavy atom. The van der Waals surface area contributed by atoms with Crippen LogP contribution in [0.3, 0.4) is 0 Å². The van der Waals surface area contributed by atoms with Crippen LogP contribution >= 0.6 is 0 Å². The first-order valence-electron chi connectivity index (χ1n) is 9.34. The molecule has 0 saturated carbocycles. The molecule has 1 aromatic heterocycles. The van der Waals surface area contributed by atoms with E-state index in [1.54, 1.807) is 50.3 Å². The van der Waals surface area contributed by atoms with Crippen molar-refractivity contribution in [2.75, 3.05) is 24.7 Å². The molecule has 152 valence electrons. The van der Waals surface area contributed by atoms with E-state index in [9.17, 15) is 9.59 Å². The van der Waals surface area contributed by atoms with Gasteiger partial charge in [0.05, 0.1) is 6.20 Å². The molecule has 2 amide bonds. The number of aryl methyl sites for hydroxylation is 1. The molecule has 3 rings (SSSR count). The first-order chi connectivity index (χ1) is 14.3.